The molecule has 1 rings (SSSR count). The molecule has 0 fully saturated rings. The lowest BCUT2D eigenvalue weighted by molar-refractivity contribution is 0.250. The third-order valence-corrected chi connectivity index (χ3v) is 2.43. The van der Waals surface area contributed by atoms with Gasteiger partial charge >= 0.3 is 6.03 Å². The minimum Gasteiger partial charge on any atom is -0.399 e. The van der Waals surface area contributed by atoms with E-state index in [1.165, 1.54) is 7.05 Å². The smallest absolute Gasteiger partial charge is 0.328 e. The summed E-state index contributed by atoms with van der Waals surface area (Å²) >= 11 is 0. The van der Waals surface area contributed by atoms with Crippen LogP contribution in [0.1, 0.15) is 12.5 Å². The minimum atomic E-state index is -0.689. The highest BCUT2D eigenvalue weighted by atomic mass is 19.1. The number of carbonyl (C=O) groups is 1. The van der Waals surface area contributed by atoms with Gasteiger partial charge in [-0.15, -0.1) is 0 Å². The van der Waals surface area contributed by atoms with Gasteiger partial charge in [0.2, 0.25) is 5.96 Å². The highest BCUT2D eigenvalue weighted by molar-refractivity contribution is 6.14. The Hall–Kier alpha value is -2.31. The second-order valence-electron chi connectivity index (χ2n) is 3.64. The maximum absolute atomic E-state index is 14.0. The molecule has 0 bridgehead atoms. The van der Waals surface area contributed by atoms with Gasteiger partial charge in [-0.1, -0.05) is 6.92 Å². The molecule has 0 saturated heterocycles. The lowest BCUT2D eigenvalue weighted by Gasteiger charge is -2.23. The monoisotopic (exact) mass is 253 g/mol. The van der Waals surface area contributed by atoms with Crippen LogP contribution in [0.5, 0.6) is 0 Å². The van der Waals surface area contributed by atoms with Gasteiger partial charge in [0.05, 0.1) is 5.69 Å². The van der Waals surface area contributed by atoms with Crippen molar-refractivity contribution >= 4 is 23.4 Å². The van der Waals surface area contributed by atoms with Crippen molar-refractivity contribution in [3.8, 4) is 0 Å². The fourth-order valence-corrected chi connectivity index (χ4v) is 1.64. The van der Waals surface area contributed by atoms with Crippen molar-refractivity contribution in [1.82, 2.24) is 5.32 Å². The van der Waals surface area contributed by atoms with Crippen LogP contribution in [-0.2, 0) is 6.42 Å². The van der Waals surface area contributed by atoms with Crippen LogP contribution in [0, 0.1) is 11.2 Å². The topological polar surface area (TPSA) is 108 Å². The van der Waals surface area contributed by atoms with Crippen LogP contribution in [-0.4, -0.2) is 19.0 Å². The molecule has 0 spiro atoms. The van der Waals surface area contributed by atoms with E-state index in [2.05, 4.69) is 5.32 Å². The van der Waals surface area contributed by atoms with E-state index in [9.17, 15) is 9.18 Å². The number of nitrogens with two attached hydrogens (primary N) is 2. The molecule has 0 heterocycles. The molecule has 98 valence electrons. The average molecular weight is 253 g/mol. The largest absolute Gasteiger partial charge is 0.399 e. The maximum atomic E-state index is 14.0. The fourth-order valence-electron chi connectivity index (χ4n) is 1.64. The predicted octanol–water partition coefficient (Wildman–Crippen LogP) is 1.01. The van der Waals surface area contributed by atoms with Gasteiger partial charge < -0.3 is 16.8 Å². The molecule has 6 nitrogen and oxygen atoms in total. The molecule has 0 aromatic heterocycles. The van der Waals surface area contributed by atoms with Crippen molar-refractivity contribution in [3.05, 3.63) is 23.5 Å². The van der Waals surface area contributed by atoms with Crippen molar-refractivity contribution < 1.29 is 9.18 Å². The first kappa shape index (κ1) is 13.8. The fraction of sp³-hybridized carbons (Fsp3) is 0.273. The molecule has 0 aliphatic rings. The molecule has 0 aliphatic heterocycles. The number of nitrogens with one attached hydrogen (secondary N) is 2. The van der Waals surface area contributed by atoms with Gasteiger partial charge in [-0.25, -0.2) is 14.1 Å². The highest BCUT2D eigenvalue weighted by Gasteiger charge is 2.24. The number of urea groups is 1. The number of benzene rings is 1. The van der Waals surface area contributed by atoms with Gasteiger partial charge in [-0.3, -0.25) is 5.41 Å². The number of aryl methyl sites for hydroxylation is 1. The summed E-state index contributed by atoms with van der Waals surface area (Å²) in [6.07, 6.45) is 0.456. The lowest BCUT2D eigenvalue weighted by atomic mass is 10.1. The van der Waals surface area contributed by atoms with Crippen molar-refractivity contribution in [1.29, 1.82) is 5.41 Å². The van der Waals surface area contributed by atoms with Crippen LogP contribution in [0.3, 0.4) is 0 Å². The van der Waals surface area contributed by atoms with E-state index in [4.69, 9.17) is 16.9 Å². The number of halogens is 1. The molecule has 1 aromatic rings. The zero-order chi connectivity index (χ0) is 13.9. The molecule has 1 aromatic carbocycles. The Morgan fingerprint density at radius 3 is 2.61 bits per heavy atom. The molecule has 0 atom stereocenters. The zero-order valence-electron chi connectivity index (χ0n) is 10.2. The van der Waals surface area contributed by atoms with Crippen molar-refractivity contribution in [2.24, 2.45) is 5.73 Å². The number of nitrogens with zero attached hydrogens (tertiary/aromatic N) is 1. The van der Waals surface area contributed by atoms with Gasteiger partial charge in [-0.05, 0) is 24.1 Å². The number of carbonyl (C=O) groups excluding carboxylic acids is 1. The number of rotatable bonds is 2. The summed E-state index contributed by atoms with van der Waals surface area (Å²) in [6, 6.07) is 1.96. The summed E-state index contributed by atoms with van der Waals surface area (Å²) in [5.41, 5.74) is 11.6. The third-order valence-electron chi connectivity index (χ3n) is 2.43. The molecular weight excluding hydrogens is 237 g/mol. The number of nitrogen functional groups attached to an aromatic ring is 1. The molecule has 6 N–H and O–H groups in total. The average Bonchev–Trinajstić information content (AvgIpc) is 2.30. The van der Waals surface area contributed by atoms with Crippen LogP contribution in [0.4, 0.5) is 20.6 Å². The number of anilines is 2. The Bertz CT molecular complexity index is 489. The standard InChI is InChI=1S/C11H16FN5O/c1-3-6-4-7(13)5-8(12)9(6)17(10(14)15)11(18)16-2/h4-5H,3,13H2,1-2H3,(H3,14,15)(H,16,18). The van der Waals surface area contributed by atoms with Crippen LogP contribution < -0.4 is 21.7 Å². The van der Waals surface area contributed by atoms with Gasteiger partial charge in [0.15, 0.2) is 0 Å². The molecular formula is C11H16FN5O. The van der Waals surface area contributed by atoms with E-state index in [0.717, 1.165) is 11.0 Å². The summed E-state index contributed by atoms with van der Waals surface area (Å²) in [6.45, 7) is 1.79. The Morgan fingerprint density at radius 1 is 1.56 bits per heavy atom. The van der Waals surface area contributed by atoms with E-state index in [0.29, 0.717) is 12.0 Å². The first-order valence-corrected chi connectivity index (χ1v) is 5.36. The highest BCUT2D eigenvalue weighted by Crippen LogP contribution is 2.27. The van der Waals surface area contributed by atoms with Crippen molar-refractivity contribution in [3.63, 3.8) is 0 Å². The molecule has 7 heteroatoms. The molecule has 0 unspecified atom stereocenters. The van der Waals surface area contributed by atoms with Gasteiger partial charge in [0.25, 0.3) is 0 Å². The molecule has 18 heavy (non-hydrogen) atoms. The van der Waals surface area contributed by atoms with E-state index in [-0.39, 0.29) is 11.4 Å². The molecule has 0 saturated carbocycles. The Morgan fingerprint density at radius 2 is 2.17 bits per heavy atom. The lowest BCUT2D eigenvalue weighted by Crippen LogP contribution is -2.47. The number of amides is 2. The Balaban J connectivity index is 3.45. The van der Waals surface area contributed by atoms with E-state index >= 15 is 0 Å². The predicted molar refractivity (Wildman–Crippen MR) is 69.0 cm³/mol. The molecule has 0 aliphatic carbocycles. The summed E-state index contributed by atoms with van der Waals surface area (Å²) in [5.74, 6) is -1.25. The SMILES string of the molecule is CCc1cc(N)cc(F)c1N(C(=N)N)C(=O)NC. The normalized spacial score (nSPS) is 9.94. The minimum absolute atomic E-state index is 0.0430. The van der Waals surface area contributed by atoms with Gasteiger partial charge in [-0.2, -0.15) is 0 Å². The van der Waals surface area contributed by atoms with Crippen LogP contribution >= 0.6 is 0 Å². The second-order valence-corrected chi connectivity index (χ2v) is 3.64. The molecule has 0 radical (unpaired) electrons. The Kier molecular flexibility index (Phi) is 4.09. The van der Waals surface area contributed by atoms with Crippen molar-refractivity contribution in [2.75, 3.05) is 17.7 Å². The van der Waals surface area contributed by atoms with Crippen LogP contribution in [0.2, 0.25) is 0 Å². The first-order chi connectivity index (χ1) is 8.42. The summed E-state index contributed by atoms with van der Waals surface area (Å²) < 4.78 is 14.0. The summed E-state index contributed by atoms with van der Waals surface area (Å²) in [5, 5.41) is 9.70. The van der Waals surface area contributed by atoms with Gasteiger partial charge in [0, 0.05) is 12.7 Å². The number of hydrogen-bond acceptors (Lipinski definition) is 3. The van der Waals surface area contributed by atoms with E-state index in [1.54, 1.807) is 13.0 Å². The van der Waals surface area contributed by atoms with Crippen LogP contribution in [0.15, 0.2) is 12.1 Å². The van der Waals surface area contributed by atoms with Gasteiger partial charge in [0.1, 0.15) is 5.82 Å². The molecule has 2 amide bonds. The van der Waals surface area contributed by atoms with Crippen LogP contribution in [0.25, 0.3) is 0 Å². The Labute approximate surface area is 104 Å². The quantitative estimate of drug-likeness (QED) is 0.359. The second kappa shape index (κ2) is 5.35. The summed E-state index contributed by atoms with van der Waals surface area (Å²) in [7, 11) is 1.37. The van der Waals surface area contributed by atoms with E-state index in [1.807, 2.05) is 0 Å². The number of hydrogen-bond donors (Lipinski definition) is 4. The van der Waals surface area contributed by atoms with Crippen molar-refractivity contribution in [2.45, 2.75) is 13.3 Å². The summed E-state index contributed by atoms with van der Waals surface area (Å²) in [4.78, 5) is 12.4. The van der Waals surface area contributed by atoms with E-state index < -0.39 is 17.8 Å². The first-order valence-electron chi connectivity index (χ1n) is 5.36. The zero-order valence-corrected chi connectivity index (χ0v) is 10.2. The number of guanidine groups is 1. The third kappa shape index (κ3) is 2.50. The maximum Gasteiger partial charge on any atom is 0.328 e.